The van der Waals surface area contributed by atoms with E-state index in [2.05, 4.69) is 11.2 Å². The van der Waals surface area contributed by atoms with Gasteiger partial charge in [0.15, 0.2) is 5.82 Å². The largest absolute Gasteiger partial charge is 0.394 e. The van der Waals surface area contributed by atoms with E-state index in [4.69, 9.17) is 11.0 Å². The van der Waals surface area contributed by atoms with Gasteiger partial charge in [-0.2, -0.15) is 10.4 Å². The Kier molecular flexibility index (Phi) is 3.43. The van der Waals surface area contributed by atoms with Crippen molar-refractivity contribution >= 4 is 17.2 Å². The van der Waals surface area contributed by atoms with Crippen molar-refractivity contribution in [2.45, 2.75) is 20.4 Å². The number of anilines is 3. The maximum Gasteiger partial charge on any atom is 0.154 e. The van der Waals surface area contributed by atoms with Gasteiger partial charge in [-0.05, 0) is 32.0 Å². The van der Waals surface area contributed by atoms with Gasteiger partial charge in [-0.3, -0.25) is 0 Å². The molecule has 1 heterocycles. The molecule has 0 aliphatic rings. The lowest BCUT2D eigenvalue weighted by Gasteiger charge is -2.21. The summed E-state index contributed by atoms with van der Waals surface area (Å²) in [6, 6.07) is 9.57. The van der Waals surface area contributed by atoms with Crippen molar-refractivity contribution in [3.8, 4) is 6.07 Å². The maximum atomic E-state index is 8.96. The number of hydrogen-bond donors (Lipinski definition) is 1. The fraction of sp³-hybridized carbons (Fsp3) is 0.286. The lowest BCUT2D eigenvalue weighted by molar-refractivity contribution is 0.652. The average molecular weight is 255 g/mol. The van der Waals surface area contributed by atoms with Crippen LogP contribution in [-0.4, -0.2) is 16.8 Å². The molecule has 0 bridgehead atoms. The predicted molar refractivity (Wildman–Crippen MR) is 76.3 cm³/mol. The van der Waals surface area contributed by atoms with Crippen LogP contribution in [0.25, 0.3) is 0 Å². The van der Waals surface area contributed by atoms with Crippen LogP contribution < -0.4 is 10.6 Å². The van der Waals surface area contributed by atoms with E-state index in [0.717, 1.165) is 23.7 Å². The summed E-state index contributed by atoms with van der Waals surface area (Å²) in [7, 11) is 1.93. The van der Waals surface area contributed by atoms with Gasteiger partial charge < -0.3 is 10.6 Å². The molecule has 0 atom stereocenters. The maximum absolute atomic E-state index is 8.96. The lowest BCUT2D eigenvalue weighted by Crippen LogP contribution is -2.16. The summed E-state index contributed by atoms with van der Waals surface area (Å²) in [6.07, 6.45) is 0. The van der Waals surface area contributed by atoms with Gasteiger partial charge in [-0.25, -0.2) is 4.68 Å². The van der Waals surface area contributed by atoms with Gasteiger partial charge in [0, 0.05) is 19.3 Å². The molecule has 2 N–H and O–H groups in total. The number of nitrogens with two attached hydrogens (primary N) is 1. The molecule has 0 unspecified atom stereocenters. The van der Waals surface area contributed by atoms with Gasteiger partial charge in [0.2, 0.25) is 0 Å². The molecule has 5 heteroatoms. The van der Waals surface area contributed by atoms with Crippen molar-refractivity contribution in [3.63, 3.8) is 0 Å². The molecule has 2 aromatic rings. The molecule has 1 aromatic carbocycles. The van der Waals surface area contributed by atoms with Gasteiger partial charge in [0.1, 0.15) is 0 Å². The Morgan fingerprint density at radius 2 is 2.21 bits per heavy atom. The SMILES string of the molecule is CCn1nc(C)c(N)c1N(C)c1cccc(C#N)c1. The summed E-state index contributed by atoms with van der Waals surface area (Å²) in [5.74, 6) is 0.857. The zero-order chi connectivity index (χ0) is 14.0. The molecule has 2 rings (SSSR count). The summed E-state index contributed by atoms with van der Waals surface area (Å²) in [6.45, 7) is 4.66. The molecule has 5 nitrogen and oxygen atoms in total. The molecule has 0 spiro atoms. The van der Waals surface area contributed by atoms with E-state index in [9.17, 15) is 0 Å². The zero-order valence-electron chi connectivity index (χ0n) is 11.4. The number of hydrogen-bond acceptors (Lipinski definition) is 4. The van der Waals surface area contributed by atoms with Crippen LogP contribution in [0.3, 0.4) is 0 Å². The minimum Gasteiger partial charge on any atom is -0.394 e. The highest BCUT2D eigenvalue weighted by atomic mass is 15.4. The zero-order valence-corrected chi connectivity index (χ0v) is 11.4. The number of rotatable bonds is 3. The van der Waals surface area contributed by atoms with Crippen LogP contribution in [0.15, 0.2) is 24.3 Å². The Hall–Kier alpha value is -2.48. The number of nitriles is 1. The summed E-state index contributed by atoms with van der Waals surface area (Å²) in [4.78, 5) is 1.96. The molecule has 98 valence electrons. The van der Waals surface area contributed by atoms with Crippen LogP contribution in [0, 0.1) is 18.3 Å². The molecule has 0 radical (unpaired) electrons. The fourth-order valence-electron chi connectivity index (χ4n) is 2.06. The number of aryl methyl sites for hydroxylation is 2. The van der Waals surface area contributed by atoms with Gasteiger partial charge in [0.25, 0.3) is 0 Å². The van der Waals surface area contributed by atoms with Crippen molar-refractivity contribution in [1.29, 1.82) is 5.26 Å². The van der Waals surface area contributed by atoms with Crippen molar-refractivity contribution in [2.75, 3.05) is 17.7 Å². The number of nitrogen functional groups attached to an aromatic ring is 1. The van der Waals surface area contributed by atoms with Crippen LogP contribution in [0.2, 0.25) is 0 Å². The molecule has 0 saturated carbocycles. The molecule has 0 aliphatic carbocycles. The standard InChI is InChI=1S/C14H17N5/c1-4-19-14(13(16)10(2)17-19)18(3)12-7-5-6-11(8-12)9-15/h5-8H,4,16H2,1-3H3. The Balaban J connectivity index is 2.49. The molecular weight excluding hydrogens is 238 g/mol. The molecule has 19 heavy (non-hydrogen) atoms. The first-order chi connectivity index (χ1) is 9.08. The highest BCUT2D eigenvalue weighted by Crippen LogP contribution is 2.31. The van der Waals surface area contributed by atoms with Gasteiger partial charge in [0.05, 0.1) is 23.0 Å². The second-order valence-corrected chi connectivity index (χ2v) is 4.36. The third-order valence-corrected chi connectivity index (χ3v) is 3.13. The smallest absolute Gasteiger partial charge is 0.154 e. The van der Waals surface area contributed by atoms with E-state index in [1.54, 1.807) is 6.07 Å². The minimum absolute atomic E-state index is 0.627. The Labute approximate surface area is 112 Å². The van der Waals surface area contributed by atoms with E-state index < -0.39 is 0 Å². The van der Waals surface area contributed by atoms with Crippen molar-refractivity contribution in [2.24, 2.45) is 0 Å². The first-order valence-corrected chi connectivity index (χ1v) is 6.15. The summed E-state index contributed by atoms with van der Waals surface area (Å²) in [5.41, 5.74) is 9.13. The molecule has 0 amide bonds. The number of aromatic nitrogens is 2. The third-order valence-electron chi connectivity index (χ3n) is 3.13. The van der Waals surface area contributed by atoms with Crippen LogP contribution >= 0.6 is 0 Å². The van der Waals surface area contributed by atoms with Crippen molar-refractivity contribution in [3.05, 3.63) is 35.5 Å². The summed E-state index contributed by atoms with van der Waals surface area (Å²) >= 11 is 0. The van der Waals surface area contributed by atoms with Gasteiger partial charge in [-0.15, -0.1) is 0 Å². The van der Waals surface area contributed by atoms with Crippen LogP contribution in [0.4, 0.5) is 17.2 Å². The predicted octanol–water partition coefficient (Wildman–Crippen LogP) is 2.43. The van der Waals surface area contributed by atoms with E-state index >= 15 is 0 Å². The lowest BCUT2D eigenvalue weighted by atomic mass is 10.2. The second-order valence-electron chi connectivity index (χ2n) is 4.36. The molecule has 0 saturated heterocycles. The van der Waals surface area contributed by atoms with E-state index in [-0.39, 0.29) is 0 Å². The van der Waals surface area contributed by atoms with Crippen LogP contribution in [0.1, 0.15) is 18.2 Å². The normalized spacial score (nSPS) is 10.2. The van der Waals surface area contributed by atoms with Crippen molar-refractivity contribution < 1.29 is 0 Å². The highest BCUT2D eigenvalue weighted by molar-refractivity contribution is 5.73. The van der Waals surface area contributed by atoms with Crippen molar-refractivity contribution in [1.82, 2.24) is 9.78 Å². The molecule has 0 aliphatic heterocycles. The summed E-state index contributed by atoms with van der Waals surface area (Å²) in [5, 5.41) is 13.4. The number of nitrogens with zero attached hydrogens (tertiary/aromatic N) is 4. The first-order valence-electron chi connectivity index (χ1n) is 6.15. The van der Waals surface area contributed by atoms with Crippen LogP contribution in [0.5, 0.6) is 0 Å². The summed E-state index contributed by atoms with van der Waals surface area (Å²) < 4.78 is 1.86. The molecular formula is C14H17N5. The third kappa shape index (κ3) is 2.25. The van der Waals surface area contributed by atoms with E-state index in [1.807, 2.05) is 48.7 Å². The Morgan fingerprint density at radius 3 is 2.84 bits per heavy atom. The monoisotopic (exact) mass is 255 g/mol. The van der Waals surface area contributed by atoms with Gasteiger partial charge >= 0.3 is 0 Å². The second kappa shape index (κ2) is 5.02. The van der Waals surface area contributed by atoms with Crippen LogP contribution in [-0.2, 0) is 6.54 Å². The molecule has 1 aromatic heterocycles. The minimum atomic E-state index is 0.627. The van der Waals surface area contributed by atoms with E-state index in [1.165, 1.54) is 0 Å². The fourth-order valence-corrected chi connectivity index (χ4v) is 2.06. The first kappa shape index (κ1) is 13.0. The average Bonchev–Trinajstić information content (AvgIpc) is 2.73. The molecule has 0 fully saturated rings. The Morgan fingerprint density at radius 1 is 1.47 bits per heavy atom. The quantitative estimate of drug-likeness (QED) is 0.914. The van der Waals surface area contributed by atoms with Gasteiger partial charge in [-0.1, -0.05) is 6.07 Å². The highest BCUT2D eigenvalue weighted by Gasteiger charge is 2.16. The Bertz CT molecular complexity index is 636. The van der Waals surface area contributed by atoms with E-state index in [0.29, 0.717) is 11.3 Å². The topological polar surface area (TPSA) is 70.9 Å². The number of benzene rings is 1.